The molecular formula is C11H14F2Si. The Bertz CT molecular complexity index is 313. The third-order valence-electron chi connectivity index (χ3n) is 2.32. The third-order valence-corrected chi connectivity index (χ3v) is 5.44. The van der Waals surface area contributed by atoms with Crippen LogP contribution < -0.4 is 5.19 Å². The smallest absolute Gasteiger partial charge is 0.174 e. The predicted octanol–water partition coefficient (Wildman–Crippen LogP) is 3.38. The fourth-order valence-electron chi connectivity index (χ4n) is 1.34. The first-order valence-corrected chi connectivity index (χ1v) is 7.80. The van der Waals surface area contributed by atoms with Crippen molar-refractivity contribution >= 4 is 13.3 Å². The maximum absolute atomic E-state index is 12.0. The van der Waals surface area contributed by atoms with E-state index in [4.69, 9.17) is 0 Å². The molecule has 0 N–H and O–H groups in total. The van der Waals surface area contributed by atoms with E-state index in [2.05, 4.69) is 13.1 Å². The van der Waals surface area contributed by atoms with Gasteiger partial charge in [-0.3, -0.25) is 0 Å². The summed E-state index contributed by atoms with van der Waals surface area (Å²) < 4.78 is 23.9. The Hall–Kier alpha value is -0.963. The summed E-state index contributed by atoms with van der Waals surface area (Å²) in [5.41, 5.74) is 0. The first kappa shape index (κ1) is 11.1. The molecule has 0 aliphatic carbocycles. The summed E-state index contributed by atoms with van der Waals surface area (Å²) in [6.07, 6.45) is -0.527. The molecule has 0 spiro atoms. The third kappa shape index (κ3) is 3.07. The lowest BCUT2D eigenvalue weighted by molar-refractivity contribution is 0.420. The second-order valence-electron chi connectivity index (χ2n) is 3.95. The van der Waals surface area contributed by atoms with Gasteiger partial charge in [0.15, 0.2) is 0 Å². The lowest BCUT2D eigenvalue weighted by atomic mass is 10.4. The zero-order chi connectivity index (χ0) is 10.6. The lowest BCUT2D eigenvalue weighted by Gasteiger charge is -2.20. The molecule has 0 saturated carbocycles. The average Bonchev–Trinajstić information content (AvgIpc) is 2.16. The van der Waals surface area contributed by atoms with E-state index in [0.717, 1.165) is 6.08 Å². The first-order chi connectivity index (χ1) is 6.52. The minimum absolute atomic E-state index is 0.499. The van der Waals surface area contributed by atoms with Gasteiger partial charge in [0.25, 0.3) is 6.08 Å². The van der Waals surface area contributed by atoms with Crippen LogP contribution >= 0.6 is 0 Å². The van der Waals surface area contributed by atoms with E-state index in [1.807, 2.05) is 30.3 Å². The number of hydrogen-bond acceptors (Lipinski definition) is 0. The van der Waals surface area contributed by atoms with Crippen LogP contribution in [0.2, 0.25) is 19.1 Å². The van der Waals surface area contributed by atoms with E-state index in [1.54, 1.807) is 0 Å². The molecular weight excluding hydrogens is 198 g/mol. The molecule has 3 heteroatoms. The molecule has 0 radical (unpaired) electrons. The van der Waals surface area contributed by atoms with Crippen molar-refractivity contribution < 1.29 is 8.78 Å². The van der Waals surface area contributed by atoms with E-state index in [1.165, 1.54) is 5.19 Å². The van der Waals surface area contributed by atoms with Gasteiger partial charge < -0.3 is 0 Å². The summed E-state index contributed by atoms with van der Waals surface area (Å²) in [4.78, 5) is 0. The number of rotatable bonds is 3. The maximum Gasteiger partial charge on any atom is 0.266 e. The minimum atomic E-state index is -1.70. The molecule has 0 aromatic heterocycles. The van der Waals surface area contributed by atoms with Crippen molar-refractivity contribution in [3.05, 3.63) is 42.5 Å². The fourth-order valence-corrected chi connectivity index (χ4v) is 3.33. The van der Waals surface area contributed by atoms with Gasteiger partial charge in [0, 0.05) is 0 Å². The van der Waals surface area contributed by atoms with Gasteiger partial charge in [-0.1, -0.05) is 48.6 Å². The maximum atomic E-state index is 12.0. The Morgan fingerprint density at radius 3 is 2.29 bits per heavy atom. The highest BCUT2D eigenvalue weighted by molar-refractivity contribution is 6.90. The molecule has 1 aromatic carbocycles. The van der Waals surface area contributed by atoms with Crippen LogP contribution in [0, 0.1) is 0 Å². The standard InChI is InChI=1S/C11H14F2Si/c1-14(2,9-8-11(12)13)10-6-4-3-5-7-10/h3-8H,9H2,1-2H3. The van der Waals surface area contributed by atoms with Gasteiger partial charge in [-0.2, -0.15) is 8.78 Å². The van der Waals surface area contributed by atoms with Gasteiger partial charge in [0.2, 0.25) is 0 Å². The van der Waals surface area contributed by atoms with Crippen LogP contribution in [-0.2, 0) is 0 Å². The largest absolute Gasteiger partial charge is 0.266 e. The molecule has 14 heavy (non-hydrogen) atoms. The Labute approximate surface area is 84.3 Å². The topological polar surface area (TPSA) is 0 Å². The Morgan fingerprint density at radius 2 is 1.79 bits per heavy atom. The van der Waals surface area contributed by atoms with Gasteiger partial charge in [-0.25, -0.2) is 0 Å². The lowest BCUT2D eigenvalue weighted by Crippen LogP contribution is -2.40. The molecule has 0 aliphatic rings. The second kappa shape index (κ2) is 4.51. The zero-order valence-electron chi connectivity index (χ0n) is 8.43. The average molecular weight is 212 g/mol. The van der Waals surface area contributed by atoms with E-state index in [-0.39, 0.29) is 0 Å². The molecule has 0 saturated heterocycles. The highest BCUT2D eigenvalue weighted by Gasteiger charge is 2.21. The summed E-state index contributed by atoms with van der Waals surface area (Å²) >= 11 is 0. The molecule has 1 aromatic rings. The number of halogens is 2. The second-order valence-corrected chi connectivity index (χ2v) is 8.70. The molecule has 0 bridgehead atoms. The van der Waals surface area contributed by atoms with Crippen molar-refractivity contribution in [1.82, 2.24) is 0 Å². The van der Waals surface area contributed by atoms with E-state index >= 15 is 0 Å². The Morgan fingerprint density at radius 1 is 1.21 bits per heavy atom. The van der Waals surface area contributed by atoms with Crippen LogP contribution in [0.4, 0.5) is 8.78 Å². The number of hydrogen-bond donors (Lipinski definition) is 0. The highest BCUT2D eigenvalue weighted by Crippen LogP contribution is 2.13. The van der Waals surface area contributed by atoms with Crippen molar-refractivity contribution in [3.8, 4) is 0 Å². The SMILES string of the molecule is C[Si](C)(CC=C(F)F)c1ccccc1. The van der Waals surface area contributed by atoms with Crippen LogP contribution in [0.5, 0.6) is 0 Å². The van der Waals surface area contributed by atoms with Crippen LogP contribution in [0.3, 0.4) is 0 Å². The van der Waals surface area contributed by atoms with Crippen LogP contribution in [0.15, 0.2) is 42.5 Å². The first-order valence-electron chi connectivity index (χ1n) is 4.59. The minimum Gasteiger partial charge on any atom is -0.174 e. The summed E-state index contributed by atoms with van der Waals surface area (Å²) in [6.45, 7) is 4.20. The molecule has 76 valence electrons. The quantitative estimate of drug-likeness (QED) is 0.674. The van der Waals surface area contributed by atoms with Crippen LogP contribution in [-0.4, -0.2) is 8.07 Å². The molecule has 0 amide bonds. The van der Waals surface area contributed by atoms with Crippen LogP contribution in [0.25, 0.3) is 0 Å². The zero-order valence-corrected chi connectivity index (χ0v) is 9.43. The normalized spacial score (nSPS) is 11.1. The van der Waals surface area contributed by atoms with Crippen molar-refractivity contribution in [2.75, 3.05) is 0 Å². The van der Waals surface area contributed by atoms with Crippen molar-refractivity contribution in [2.24, 2.45) is 0 Å². The Kier molecular flexibility index (Phi) is 3.58. The summed E-state index contributed by atoms with van der Waals surface area (Å²) in [5, 5.41) is 1.22. The van der Waals surface area contributed by atoms with Gasteiger partial charge in [-0.05, 0) is 12.1 Å². The summed E-state index contributed by atoms with van der Waals surface area (Å²) in [5.74, 6) is 0. The van der Waals surface area contributed by atoms with Gasteiger partial charge in [0.05, 0.1) is 8.07 Å². The van der Waals surface area contributed by atoms with Crippen molar-refractivity contribution in [2.45, 2.75) is 19.1 Å². The fraction of sp³-hybridized carbons (Fsp3) is 0.273. The molecule has 0 unspecified atom stereocenters. The summed E-state index contributed by atoms with van der Waals surface area (Å²) in [6, 6.07) is 10.4. The Balaban J connectivity index is 2.81. The highest BCUT2D eigenvalue weighted by atomic mass is 28.3. The number of allylic oxidation sites excluding steroid dienone is 1. The van der Waals surface area contributed by atoms with E-state index in [0.29, 0.717) is 6.04 Å². The molecule has 0 heterocycles. The molecule has 0 aliphatic heterocycles. The molecule has 0 fully saturated rings. The summed E-state index contributed by atoms with van der Waals surface area (Å²) in [7, 11) is -1.70. The molecule has 0 atom stereocenters. The molecule has 1 rings (SSSR count). The number of benzene rings is 1. The van der Waals surface area contributed by atoms with Crippen LogP contribution in [0.1, 0.15) is 0 Å². The van der Waals surface area contributed by atoms with Gasteiger partial charge in [-0.15, -0.1) is 0 Å². The van der Waals surface area contributed by atoms with Crippen molar-refractivity contribution in [3.63, 3.8) is 0 Å². The van der Waals surface area contributed by atoms with E-state index in [9.17, 15) is 8.78 Å². The van der Waals surface area contributed by atoms with Crippen molar-refractivity contribution in [1.29, 1.82) is 0 Å². The molecule has 0 nitrogen and oxygen atoms in total. The predicted molar refractivity (Wildman–Crippen MR) is 58.7 cm³/mol. The van der Waals surface area contributed by atoms with Gasteiger partial charge >= 0.3 is 0 Å². The monoisotopic (exact) mass is 212 g/mol. The van der Waals surface area contributed by atoms with Gasteiger partial charge in [0.1, 0.15) is 0 Å². The van der Waals surface area contributed by atoms with E-state index < -0.39 is 14.2 Å².